The zero-order valence-corrected chi connectivity index (χ0v) is 11.3. The molecular weight excluding hydrogens is 228 g/mol. The summed E-state index contributed by atoms with van der Waals surface area (Å²) in [6, 6.07) is 7.88. The molecule has 0 heterocycles. The van der Waals surface area contributed by atoms with Crippen LogP contribution in [0.3, 0.4) is 0 Å². The average molecular weight is 250 g/mol. The summed E-state index contributed by atoms with van der Waals surface area (Å²) in [6.07, 6.45) is 0.817. The molecular formula is C14H22N2O2. The Bertz CT molecular complexity index is 391. The quantitative estimate of drug-likeness (QED) is 0.831. The predicted octanol–water partition coefficient (Wildman–Crippen LogP) is 1.43. The standard InChI is InChI=1S/C14H22N2O2/c1-11(2)16(3)14(17)10-18-13-6-4-5-12(9-13)7-8-15/h4-6,9,11H,7-8,10,15H2,1-3H3. The molecule has 1 aromatic rings. The lowest BCUT2D eigenvalue weighted by Crippen LogP contribution is -2.36. The molecule has 0 aliphatic rings. The SMILES string of the molecule is CC(C)N(C)C(=O)COc1cccc(CCN)c1. The van der Waals surface area contributed by atoms with E-state index in [9.17, 15) is 4.79 Å². The fourth-order valence-electron chi connectivity index (χ4n) is 1.49. The summed E-state index contributed by atoms with van der Waals surface area (Å²) >= 11 is 0. The van der Waals surface area contributed by atoms with E-state index in [4.69, 9.17) is 10.5 Å². The van der Waals surface area contributed by atoms with Crippen LogP contribution >= 0.6 is 0 Å². The fraction of sp³-hybridized carbons (Fsp3) is 0.500. The van der Waals surface area contributed by atoms with Gasteiger partial charge in [0.15, 0.2) is 6.61 Å². The first-order chi connectivity index (χ1) is 8.54. The van der Waals surface area contributed by atoms with Gasteiger partial charge < -0.3 is 15.4 Å². The third kappa shape index (κ3) is 4.37. The number of hydrogen-bond acceptors (Lipinski definition) is 3. The van der Waals surface area contributed by atoms with Crippen LogP contribution in [-0.4, -0.2) is 37.0 Å². The molecule has 0 aliphatic carbocycles. The summed E-state index contributed by atoms with van der Waals surface area (Å²) in [7, 11) is 1.78. The monoisotopic (exact) mass is 250 g/mol. The van der Waals surface area contributed by atoms with Gasteiger partial charge in [0.1, 0.15) is 5.75 Å². The van der Waals surface area contributed by atoms with Crippen LogP contribution in [0.1, 0.15) is 19.4 Å². The zero-order chi connectivity index (χ0) is 13.5. The lowest BCUT2D eigenvalue weighted by Gasteiger charge is -2.21. The van der Waals surface area contributed by atoms with E-state index >= 15 is 0 Å². The highest BCUT2D eigenvalue weighted by atomic mass is 16.5. The molecule has 0 spiro atoms. The minimum atomic E-state index is -0.0192. The number of ether oxygens (including phenoxy) is 1. The van der Waals surface area contributed by atoms with Crippen molar-refractivity contribution in [3.63, 3.8) is 0 Å². The lowest BCUT2D eigenvalue weighted by atomic mass is 10.1. The van der Waals surface area contributed by atoms with Crippen molar-refractivity contribution in [2.24, 2.45) is 5.73 Å². The van der Waals surface area contributed by atoms with Crippen LogP contribution in [0.25, 0.3) is 0 Å². The molecule has 18 heavy (non-hydrogen) atoms. The average Bonchev–Trinajstić information content (AvgIpc) is 2.36. The van der Waals surface area contributed by atoms with Crippen LogP contribution in [0, 0.1) is 0 Å². The number of nitrogens with two attached hydrogens (primary N) is 1. The summed E-state index contributed by atoms with van der Waals surface area (Å²) in [5.74, 6) is 0.695. The van der Waals surface area contributed by atoms with Gasteiger partial charge in [0.2, 0.25) is 0 Å². The number of benzene rings is 1. The van der Waals surface area contributed by atoms with E-state index in [1.807, 2.05) is 38.1 Å². The Hall–Kier alpha value is -1.55. The van der Waals surface area contributed by atoms with Gasteiger partial charge in [-0.2, -0.15) is 0 Å². The molecule has 0 aliphatic heterocycles. The van der Waals surface area contributed by atoms with Gasteiger partial charge in [-0.25, -0.2) is 0 Å². The summed E-state index contributed by atoms with van der Waals surface area (Å²) < 4.78 is 5.49. The maximum absolute atomic E-state index is 11.7. The molecule has 1 amide bonds. The smallest absolute Gasteiger partial charge is 0.260 e. The maximum atomic E-state index is 11.7. The molecule has 4 nitrogen and oxygen atoms in total. The topological polar surface area (TPSA) is 55.6 Å². The largest absolute Gasteiger partial charge is 0.484 e. The zero-order valence-electron chi connectivity index (χ0n) is 11.3. The maximum Gasteiger partial charge on any atom is 0.260 e. The molecule has 2 N–H and O–H groups in total. The summed E-state index contributed by atoms with van der Waals surface area (Å²) in [5, 5.41) is 0. The normalized spacial score (nSPS) is 10.5. The first-order valence-electron chi connectivity index (χ1n) is 6.22. The van der Waals surface area contributed by atoms with Crippen molar-refractivity contribution in [1.82, 2.24) is 4.90 Å². The van der Waals surface area contributed by atoms with Crippen molar-refractivity contribution >= 4 is 5.91 Å². The Morgan fingerprint density at radius 2 is 2.17 bits per heavy atom. The molecule has 0 saturated heterocycles. The Morgan fingerprint density at radius 1 is 1.44 bits per heavy atom. The highest BCUT2D eigenvalue weighted by Gasteiger charge is 2.12. The van der Waals surface area contributed by atoms with Gasteiger partial charge >= 0.3 is 0 Å². The molecule has 1 rings (SSSR count). The number of likely N-dealkylation sites (N-methyl/N-ethyl adjacent to an activating group) is 1. The van der Waals surface area contributed by atoms with E-state index in [1.54, 1.807) is 11.9 Å². The highest BCUT2D eigenvalue weighted by molar-refractivity contribution is 5.77. The third-order valence-corrected chi connectivity index (χ3v) is 2.86. The van der Waals surface area contributed by atoms with Gasteiger partial charge in [-0.1, -0.05) is 12.1 Å². The molecule has 0 aromatic heterocycles. The van der Waals surface area contributed by atoms with E-state index in [2.05, 4.69) is 0 Å². The van der Waals surface area contributed by atoms with Crippen LogP contribution in [0.4, 0.5) is 0 Å². The Morgan fingerprint density at radius 3 is 2.78 bits per heavy atom. The van der Waals surface area contributed by atoms with Crippen molar-refractivity contribution in [2.75, 3.05) is 20.2 Å². The minimum Gasteiger partial charge on any atom is -0.484 e. The number of nitrogens with zero attached hydrogens (tertiary/aromatic N) is 1. The van der Waals surface area contributed by atoms with E-state index in [-0.39, 0.29) is 18.6 Å². The van der Waals surface area contributed by atoms with Crippen LogP contribution in [0.2, 0.25) is 0 Å². The second kappa shape index (κ2) is 7.01. The number of hydrogen-bond donors (Lipinski definition) is 1. The second-order valence-corrected chi connectivity index (χ2v) is 4.57. The molecule has 100 valence electrons. The third-order valence-electron chi connectivity index (χ3n) is 2.86. The molecule has 0 saturated carbocycles. The molecule has 0 radical (unpaired) electrons. The molecule has 4 heteroatoms. The van der Waals surface area contributed by atoms with E-state index in [1.165, 1.54) is 0 Å². The van der Waals surface area contributed by atoms with Gasteiger partial charge in [0.05, 0.1) is 0 Å². The van der Waals surface area contributed by atoms with E-state index < -0.39 is 0 Å². The summed E-state index contributed by atoms with van der Waals surface area (Å²) in [6.45, 7) is 4.62. The Labute approximate surface area is 109 Å². The Kier molecular flexibility index (Phi) is 5.65. The molecule has 0 atom stereocenters. The fourth-order valence-corrected chi connectivity index (χ4v) is 1.49. The lowest BCUT2D eigenvalue weighted by molar-refractivity contribution is -0.133. The summed E-state index contributed by atoms with van der Waals surface area (Å²) in [4.78, 5) is 13.4. The minimum absolute atomic E-state index is 0.0192. The van der Waals surface area contributed by atoms with Crippen LogP contribution < -0.4 is 10.5 Å². The second-order valence-electron chi connectivity index (χ2n) is 4.57. The molecule has 1 aromatic carbocycles. The number of carbonyl (C=O) groups is 1. The van der Waals surface area contributed by atoms with Crippen molar-refractivity contribution in [3.8, 4) is 5.75 Å². The van der Waals surface area contributed by atoms with Crippen molar-refractivity contribution in [1.29, 1.82) is 0 Å². The first-order valence-corrected chi connectivity index (χ1v) is 6.22. The van der Waals surface area contributed by atoms with Crippen molar-refractivity contribution in [2.45, 2.75) is 26.3 Å². The van der Waals surface area contributed by atoms with Gasteiger partial charge in [-0.3, -0.25) is 4.79 Å². The van der Waals surface area contributed by atoms with E-state index in [0.717, 1.165) is 12.0 Å². The predicted molar refractivity (Wildman–Crippen MR) is 72.6 cm³/mol. The van der Waals surface area contributed by atoms with Gasteiger partial charge in [-0.05, 0) is 44.5 Å². The number of carbonyl (C=O) groups excluding carboxylic acids is 1. The summed E-state index contributed by atoms with van der Waals surface area (Å²) in [5.41, 5.74) is 6.63. The van der Waals surface area contributed by atoms with Crippen LogP contribution in [0.5, 0.6) is 5.75 Å². The number of rotatable bonds is 6. The van der Waals surface area contributed by atoms with E-state index in [0.29, 0.717) is 12.3 Å². The van der Waals surface area contributed by atoms with Crippen LogP contribution in [-0.2, 0) is 11.2 Å². The van der Waals surface area contributed by atoms with Crippen molar-refractivity contribution < 1.29 is 9.53 Å². The van der Waals surface area contributed by atoms with Gasteiger partial charge in [0.25, 0.3) is 5.91 Å². The van der Waals surface area contributed by atoms with Crippen LogP contribution in [0.15, 0.2) is 24.3 Å². The first kappa shape index (κ1) is 14.5. The Balaban J connectivity index is 2.53. The van der Waals surface area contributed by atoms with Gasteiger partial charge in [0, 0.05) is 13.1 Å². The van der Waals surface area contributed by atoms with Gasteiger partial charge in [-0.15, -0.1) is 0 Å². The number of amides is 1. The molecule has 0 fully saturated rings. The van der Waals surface area contributed by atoms with Crippen molar-refractivity contribution in [3.05, 3.63) is 29.8 Å². The molecule has 0 unspecified atom stereocenters. The highest BCUT2D eigenvalue weighted by Crippen LogP contribution is 2.13. The molecule has 0 bridgehead atoms.